The first-order chi connectivity index (χ1) is 10.3. The zero-order valence-corrected chi connectivity index (χ0v) is 14.2. The summed E-state index contributed by atoms with van der Waals surface area (Å²) in [6, 6.07) is 4.74. The van der Waals surface area contributed by atoms with Crippen molar-refractivity contribution in [2.45, 2.75) is 32.4 Å². The summed E-state index contributed by atoms with van der Waals surface area (Å²) in [6.45, 7) is 4.45. The molecule has 7 heteroatoms. The Hall–Kier alpha value is -1.27. The van der Waals surface area contributed by atoms with E-state index in [2.05, 4.69) is 0 Å². The van der Waals surface area contributed by atoms with E-state index in [0.29, 0.717) is 17.3 Å². The first-order valence-corrected chi connectivity index (χ1v) is 9.60. The van der Waals surface area contributed by atoms with E-state index in [4.69, 9.17) is 11.6 Å². The lowest BCUT2D eigenvalue weighted by Crippen LogP contribution is -2.38. The molecule has 120 valence electrons. The number of hydrogen-bond donors (Lipinski definition) is 0. The molecule has 2 aliphatic rings. The first-order valence-electron chi connectivity index (χ1n) is 7.40. The van der Waals surface area contributed by atoms with Crippen LogP contribution in [0.15, 0.2) is 18.2 Å². The van der Waals surface area contributed by atoms with E-state index in [1.165, 1.54) is 0 Å². The van der Waals surface area contributed by atoms with Crippen molar-refractivity contribution in [1.29, 1.82) is 0 Å². The zero-order chi connectivity index (χ0) is 16.1. The highest BCUT2D eigenvalue weighted by Gasteiger charge is 2.53. The Morgan fingerprint density at radius 3 is 2.59 bits per heavy atom. The van der Waals surface area contributed by atoms with Crippen LogP contribution in [0.25, 0.3) is 0 Å². The van der Waals surface area contributed by atoms with Gasteiger partial charge in [-0.25, -0.2) is 13.2 Å². The Labute approximate surface area is 135 Å². The zero-order valence-electron chi connectivity index (χ0n) is 12.6. The lowest BCUT2D eigenvalue weighted by atomic mass is 10.1. The summed E-state index contributed by atoms with van der Waals surface area (Å²) in [5, 5.41) is 0.580. The number of carbonyl (C=O) groups is 1. The lowest BCUT2D eigenvalue weighted by Gasteiger charge is -2.22. The van der Waals surface area contributed by atoms with Gasteiger partial charge in [-0.2, -0.15) is 0 Å². The molecule has 1 aromatic carbocycles. The molecule has 1 aromatic rings. The second-order valence-electron chi connectivity index (χ2n) is 5.99. The number of rotatable bonds is 3. The lowest BCUT2D eigenvalue weighted by molar-refractivity contribution is 0.209. The molecule has 0 spiro atoms. The highest BCUT2D eigenvalue weighted by Crippen LogP contribution is 2.36. The second kappa shape index (κ2) is 5.42. The molecule has 2 fully saturated rings. The number of carbonyl (C=O) groups excluding carboxylic acids is 1. The molecule has 2 aliphatic heterocycles. The molecule has 0 radical (unpaired) electrons. The molecule has 22 heavy (non-hydrogen) atoms. The number of urea groups is 1. The number of aryl methyl sites for hydroxylation is 1. The van der Waals surface area contributed by atoms with Crippen LogP contribution in [-0.4, -0.2) is 49.5 Å². The SMILES string of the molecule is CCCN1C(=O)N(c2ccc(C)c(Cl)c2)[C@H]2CS(=O)(=O)C[C@@H]21. The second-order valence-corrected chi connectivity index (χ2v) is 8.55. The fourth-order valence-electron chi connectivity index (χ4n) is 3.31. The Bertz CT molecular complexity index is 719. The van der Waals surface area contributed by atoms with Gasteiger partial charge in [-0.05, 0) is 31.0 Å². The van der Waals surface area contributed by atoms with Crippen LogP contribution in [0.1, 0.15) is 18.9 Å². The van der Waals surface area contributed by atoms with Crippen molar-refractivity contribution in [3.8, 4) is 0 Å². The Morgan fingerprint density at radius 2 is 1.95 bits per heavy atom. The minimum Gasteiger partial charge on any atom is -0.318 e. The maximum absolute atomic E-state index is 12.7. The molecule has 0 N–H and O–H groups in total. The number of halogens is 1. The molecule has 2 atom stereocenters. The average Bonchev–Trinajstić information content (AvgIpc) is 2.86. The number of sulfone groups is 1. The van der Waals surface area contributed by atoms with E-state index in [9.17, 15) is 13.2 Å². The fourth-order valence-corrected chi connectivity index (χ4v) is 5.44. The summed E-state index contributed by atoms with van der Waals surface area (Å²) in [7, 11) is -3.11. The van der Waals surface area contributed by atoms with Crippen LogP contribution in [0.3, 0.4) is 0 Å². The van der Waals surface area contributed by atoms with Gasteiger partial charge in [-0.3, -0.25) is 4.90 Å². The highest BCUT2D eigenvalue weighted by atomic mass is 35.5. The third kappa shape index (κ3) is 2.48. The Balaban J connectivity index is 2.02. The molecule has 0 saturated carbocycles. The van der Waals surface area contributed by atoms with Crippen molar-refractivity contribution in [1.82, 2.24) is 4.90 Å². The number of nitrogens with zero attached hydrogens (tertiary/aromatic N) is 2. The normalized spacial score (nSPS) is 26.6. The molecule has 2 amide bonds. The number of anilines is 1. The predicted octanol–water partition coefficient (Wildman–Crippen LogP) is 2.47. The molecule has 2 saturated heterocycles. The minimum absolute atomic E-state index is 0.0229. The molecule has 0 unspecified atom stereocenters. The number of amides is 2. The summed E-state index contributed by atoms with van der Waals surface area (Å²) < 4.78 is 24.0. The van der Waals surface area contributed by atoms with Crippen molar-refractivity contribution in [2.75, 3.05) is 23.0 Å². The molecule has 3 rings (SSSR count). The van der Waals surface area contributed by atoms with Gasteiger partial charge in [0.2, 0.25) is 0 Å². The Kier molecular flexibility index (Phi) is 3.85. The van der Waals surface area contributed by atoms with E-state index in [-0.39, 0.29) is 29.6 Å². The van der Waals surface area contributed by atoms with Crippen molar-refractivity contribution in [2.24, 2.45) is 0 Å². The molecule has 0 aromatic heterocycles. The van der Waals surface area contributed by atoms with E-state index >= 15 is 0 Å². The van der Waals surface area contributed by atoms with Crippen molar-refractivity contribution < 1.29 is 13.2 Å². The van der Waals surface area contributed by atoms with Gasteiger partial charge in [0.1, 0.15) is 0 Å². The van der Waals surface area contributed by atoms with Gasteiger partial charge in [0.25, 0.3) is 0 Å². The predicted molar refractivity (Wildman–Crippen MR) is 87.3 cm³/mol. The summed E-state index contributed by atoms with van der Waals surface area (Å²) in [4.78, 5) is 16.0. The highest BCUT2D eigenvalue weighted by molar-refractivity contribution is 7.91. The topological polar surface area (TPSA) is 57.7 Å². The average molecular weight is 343 g/mol. The van der Waals surface area contributed by atoms with Gasteiger partial charge >= 0.3 is 6.03 Å². The van der Waals surface area contributed by atoms with Crippen LogP contribution >= 0.6 is 11.6 Å². The van der Waals surface area contributed by atoms with Gasteiger partial charge in [0, 0.05) is 17.3 Å². The van der Waals surface area contributed by atoms with Crippen LogP contribution in [0.5, 0.6) is 0 Å². The third-order valence-corrected chi connectivity index (χ3v) is 6.48. The van der Waals surface area contributed by atoms with Crippen LogP contribution in [0.2, 0.25) is 5.02 Å². The third-order valence-electron chi connectivity index (χ3n) is 4.38. The van der Waals surface area contributed by atoms with Gasteiger partial charge in [0.15, 0.2) is 9.84 Å². The molecular weight excluding hydrogens is 324 g/mol. The van der Waals surface area contributed by atoms with E-state index in [0.717, 1.165) is 12.0 Å². The number of benzene rings is 1. The Morgan fingerprint density at radius 1 is 1.27 bits per heavy atom. The first kappa shape index (κ1) is 15.6. The monoisotopic (exact) mass is 342 g/mol. The molecular formula is C15H19ClN2O3S. The van der Waals surface area contributed by atoms with E-state index in [1.807, 2.05) is 26.0 Å². The minimum atomic E-state index is -3.11. The maximum Gasteiger partial charge on any atom is 0.325 e. The number of fused-ring (bicyclic) bond motifs is 1. The van der Waals surface area contributed by atoms with Crippen molar-refractivity contribution in [3.05, 3.63) is 28.8 Å². The summed E-state index contributed by atoms with van der Waals surface area (Å²) in [5.41, 5.74) is 1.60. The molecule has 0 bridgehead atoms. The standard InChI is InChI=1S/C15H19ClN2O3S/c1-3-6-17-13-8-22(20,21)9-14(13)18(15(17)19)11-5-4-10(2)12(16)7-11/h4-5,7,13-14H,3,6,8-9H2,1-2H3/t13-,14-/m0/s1. The van der Waals surface area contributed by atoms with Crippen LogP contribution in [0.4, 0.5) is 10.5 Å². The van der Waals surface area contributed by atoms with Gasteiger partial charge in [-0.1, -0.05) is 24.6 Å². The van der Waals surface area contributed by atoms with Crippen molar-refractivity contribution in [3.63, 3.8) is 0 Å². The maximum atomic E-state index is 12.7. The van der Waals surface area contributed by atoms with Gasteiger partial charge < -0.3 is 4.90 Å². The van der Waals surface area contributed by atoms with Crippen LogP contribution < -0.4 is 4.90 Å². The van der Waals surface area contributed by atoms with Crippen LogP contribution in [-0.2, 0) is 9.84 Å². The quantitative estimate of drug-likeness (QED) is 0.793. The summed E-state index contributed by atoms with van der Waals surface area (Å²) in [5.74, 6) is 0.0780. The van der Waals surface area contributed by atoms with Crippen molar-refractivity contribution >= 4 is 33.2 Å². The molecule has 5 nitrogen and oxygen atoms in total. The van der Waals surface area contributed by atoms with Gasteiger partial charge in [-0.15, -0.1) is 0 Å². The fraction of sp³-hybridized carbons (Fsp3) is 0.533. The largest absolute Gasteiger partial charge is 0.325 e. The van der Waals surface area contributed by atoms with E-state index < -0.39 is 9.84 Å². The molecule has 2 heterocycles. The molecule has 0 aliphatic carbocycles. The van der Waals surface area contributed by atoms with E-state index in [1.54, 1.807) is 15.9 Å². The number of hydrogen-bond acceptors (Lipinski definition) is 3. The summed E-state index contributed by atoms with van der Waals surface area (Å²) >= 11 is 6.17. The summed E-state index contributed by atoms with van der Waals surface area (Å²) in [6.07, 6.45) is 0.803. The van der Waals surface area contributed by atoms with Crippen LogP contribution in [0, 0.1) is 6.92 Å². The van der Waals surface area contributed by atoms with Gasteiger partial charge in [0.05, 0.1) is 23.6 Å². The smallest absolute Gasteiger partial charge is 0.318 e.